The van der Waals surface area contributed by atoms with Gasteiger partial charge in [-0.2, -0.15) is 0 Å². The maximum absolute atomic E-state index is 15.2. The normalized spacial score (nSPS) is 17.3. The zero-order valence-electron chi connectivity index (χ0n) is 30.9. The number of nitrogens with zero attached hydrogens (tertiary/aromatic N) is 5. The highest BCUT2D eigenvalue weighted by Crippen LogP contribution is 2.36. The number of morpholine rings is 1. The zero-order valence-corrected chi connectivity index (χ0v) is 30.9. The second-order valence-corrected chi connectivity index (χ2v) is 14.5. The number of carboxylic acid groups (broad SMARTS) is 1. The van der Waals surface area contributed by atoms with E-state index in [0.29, 0.717) is 56.1 Å². The van der Waals surface area contributed by atoms with E-state index in [9.17, 15) is 19.8 Å². The van der Waals surface area contributed by atoms with Crippen molar-refractivity contribution in [1.29, 1.82) is 0 Å². The molecular formula is C42H49N5O6. The number of aromatic nitrogens is 1. The highest BCUT2D eigenvalue weighted by molar-refractivity contribution is 6.08. The Morgan fingerprint density at radius 3 is 2.34 bits per heavy atom. The maximum Gasteiger partial charge on any atom is 0.407 e. The Hall–Kier alpha value is -5.13. The maximum atomic E-state index is 15.2. The topological polar surface area (TPSA) is 119 Å². The van der Waals surface area contributed by atoms with Crippen LogP contribution in [0.5, 0.6) is 5.75 Å². The number of fused-ring (bicyclic) bond motifs is 2. The summed E-state index contributed by atoms with van der Waals surface area (Å²) in [6.07, 6.45) is 2.01. The standard InChI is InChI=1S/C42H49N5O6/c1-4-5-15-46(33-10-12-35(48)13-11-33)40(49)36-24-39(43(3)28(36)2)37-22-30-14-16-45(42(51)52)25-32(30)23-38(37)41(50)47-26-31-9-7-6-8-29(31)21-34(47)27-44-17-19-53-20-18-44/h6-13,22-24,34,48H,4-5,14-21,25-27H2,1-3H3,(H,51,52)/t34-/m0/s1. The van der Waals surface area contributed by atoms with Crippen molar-refractivity contribution in [1.82, 2.24) is 19.3 Å². The van der Waals surface area contributed by atoms with Crippen molar-refractivity contribution >= 4 is 23.6 Å². The minimum absolute atomic E-state index is 0.0698. The lowest BCUT2D eigenvalue weighted by Gasteiger charge is -2.41. The lowest BCUT2D eigenvalue weighted by molar-refractivity contribution is 0.0193. The number of rotatable bonds is 9. The summed E-state index contributed by atoms with van der Waals surface area (Å²) in [6, 6.07) is 20.8. The largest absolute Gasteiger partial charge is 0.508 e. The van der Waals surface area contributed by atoms with Gasteiger partial charge in [-0.05, 0) is 90.9 Å². The SMILES string of the molecule is CCCCN(C(=O)c1cc(-c2cc3c(cc2C(=O)N2Cc4ccccc4C[C@H]2CN2CCOCC2)CN(C(=O)O)CC3)n(C)c1C)c1ccc(O)cc1. The number of hydrogen-bond donors (Lipinski definition) is 2. The molecule has 1 atom stereocenters. The molecule has 3 aromatic carbocycles. The summed E-state index contributed by atoms with van der Waals surface area (Å²) in [5.74, 6) is -0.122. The van der Waals surface area contributed by atoms with E-state index in [1.165, 1.54) is 10.5 Å². The summed E-state index contributed by atoms with van der Waals surface area (Å²) in [5.41, 5.74) is 8.21. The molecule has 278 valence electrons. The molecule has 53 heavy (non-hydrogen) atoms. The van der Waals surface area contributed by atoms with Crippen molar-refractivity contribution in [3.63, 3.8) is 0 Å². The van der Waals surface area contributed by atoms with Gasteiger partial charge in [-0.3, -0.25) is 14.5 Å². The Morgan fingerprint density at radius 1 is 0.887 bits per heavy atom. The van der Waals surface area contributed by atoms with Crippen molar-refractivity contribution in [3.05, 3.63) is 106 Å². The number of anilines is 1. The fourth-order valence-corrected chi connectivity index (χ4v) is 8.00. The van der Waals surface area contributed by atoms with Crippen LogP contribution in [0, 0.1) is 6.92 Å². The lowest BCUT2D eigenvalue weighted by atomic mass is 9.89. The molecule has 11 heteroatoms. The summed E-state index contributed by atoms with van der Waals surface area (Å²) in [6.45, 7) is 9.27. The first-order chi connectivity index (χ1) is 25.6. The fraction of sp³-hybridized carbons (Fsp3) is 0.405. The summed E-state index contributed by atoms with van der Waals surface area (Å²) >= 11 is 0. The van der Waals surface area contributed by atoms with E-state index < -0.39 is 6.09 Å². The van der Waals surface area contributed by atoms with Gasteiger partial charge in [0.25, 0.3) is 11.8 Å². The van der Waals surface area contributed by atoms with Crippen LogP contribution >= 0.6 is 0 Å². The highest BCUT2D eigenvalue weighted by atomic mass is 16.5. The van der Waals surface area contributed by atoms with Gasteiger partial charge in [0, 0.05) is 87.1 Å². The number of ether oxygens (including phenoxy) is 1. The molecule has 0 aliphatic carbocycles. The monoisotopic (exact) mass is 719 g/mol. The smallest absolute Gasteiger partial charge is 0.407 e. The van der Waals surface area contributed by atoms with Gasteiger partial charge in [-0.15, -0.1) is 0 Å². The third-order valence-corrected chi connectivity index (χ3v) is 11.2. The van der Waals surface area contributed by atoms with Crippen LogP contribution in [0.1, 0.15) is 68.4 Å². The summed E-state index contributed by atoms with van der Waals surface area (Å²) in [5, 5.41) is 19.8. The van der Waals surface area contributed by atoms with Gasteiger partial charge < -0.3 is 34.2 Å². The molecule has 1 saturated heterocycles. The first kappa shape index (κ1) is 36.2. The van der Waals surface area contributed by atoms with Gasteiger partial charge in [-0.25, -0.2) is 4.79 Å². The molecule has 2 N–H and O–H groups in total. The van der Waals surface area contributed by atoms with E-state index in [2.05, 4.69) is 36.1 Å². The average molecular weight is 720 g/mol. The van der Waals surface area contributed by atoms with Crippen LogP contribution in [0.4, 0.5) is 10.5 Å². The molecule has 11 nitrogen and oxygen atoms in total. The quantitative estimate of drug-likeness (QED) is 0.215. The minimum Gasteiger partial charge on any atom is -0.508 e. The van der Waals surface area contributed by atoms with E-state index in [4.69, 9.17) is 4.74 Å². The summed E-state index contributed by atoms with van der Waals surface area (Å²) < 4.78 is 7.62. The van der Waals surface area contributed by atoms with E-state index >= 15 is 4.79 Å². The number of phenolic OH excluding ortho intramolecular Hbond substituents is 1. The number of benzene rings is 3. The molecule has 0 radical (unpaired) electrons. The average Bonchev–Trinajstić information content (AvgIpc) is 3.47. The molecule has 0 spiro atoms. The highest BCUT2D eigenvalue weighted by Gasteiger charge is 2.35. The molecule has 1 fully saturated rings. The van der Waals surface area contributed by atoms with Crippen molar-refractivity contribution in [2.24, 2.45) is 7.05 Å². The van der Waals surface area contributed by atoms with Crippen molar-refractivity contribution in [3.8, 4) is 17.0 Å². The third kappa shape index (κ3) is 7.41. The number of unbranched alkanes of at least 4 members (excludes halogenated alkanes) is 1. The predicted molar refractivity (Wildman–Crippen MR) is 203 cm³/mol. The van der Waals surface area contributed by atoms with Gasteiger partial charge >= 0.3 is 6.09 Å². The second-order valence-electron chi connectivity index (χ2n) is 14.5. The van der Waals surface area contributed by atoms with Crippen LogP contribution in [-0.2, 0) is 37.7 Å². The second kappa shape index (κ2) is 15.5. The van der Waals surface area contributed by atoms with Gasteiger partial charge in [-0.1, -0.05) is 37.6 Å². The van der Waals surface area contributed by atoms with Gasteiger partial charge in [0.1, 0.15) is 5.75 Å². The molecule has 4 heterocycles. The number of carbonyl (C=O) groups excluding carboxylic acids is 2. The fourth-order valence-electron chi connectivity index (χ4n) is 8.00. The molecule has 3 aliphatic heterocycles. The van der Waals surface area contributed by atoms with Crippen LogP contribution < -0.4 is 4.90 Å². The van der Waals surface area contributed by atoms with Crippen LogP contribution in [0.15, 0.2) is 66.7 Å². The molecule has 0 saturated carbocycles. The number of hydrogen-bond acceptors (Lipinski definition) is 6. The van der Waals surface area contributed by atoms with Crippen molar-refractivity contribution in [2.75, 3.05) is 50.8 Å². The van der Waals surface area contributed by atoms with Crippen molar-refractivity contribution in [2.45, 2.75) is 58.7 Å². The van der Waals surface area contributed by atoms with Gasteiger partial charge in [0.05, 0.1) is 18.8 Å². The van der Waals surface area contributed by atoms with E-state index in [-0.39, 0.29) is 30.2 Å². The Balaban J connectivity index is 1.32. The number of phenols is 1. The third-order valence-electron chi connectivity index (χ3n) is 11.2. The van der Waals surface area contributed by atoms with Gasteiger partial charge in [0.2, 0.25) is 0 Å². The molecule has 4 aromatic rings. The molecule has 1 aromatic heterocycles. The van der Waals surface area contributed by atoms with Gasteiger partial charge in [0.15, 0.2) is 0 Å². The lowest BCUT2D eigenvalue weighted by Crippen LogP contribution is -2.52. The molecule has 0 bridgehead atoms. The predicted octanol–water partition coefficient (Wildman–Crippen LogP) is 6.09. The summed E-state index contributed by atoms with van der Waals surface area (Å²) in [7, 11) is 1.93. The molecule has 3 aliphatic rings. The van der Waals surface area contributed by atoms with Crippen LogP contribution in [0.2, 0.25) is 0 Å². The van der Waals surface area contributed by atoms with E-state index in [1.54, 1.807) is 29.2 Å². The number of carbonyl (C=O) groups is 3. The zero-order chi connectivity index (χ0) is 37.2. The van der Waals surface area contributed by atoms with Crippen LogP contribution in [-0.4, -0.2) is 99.4 Å². The molecule has 3 amide bonds. The van der Waals surface area contributed by atoms with E-state index in [0.717, 1.165) is 72.5 Å². The Morgan fingerprint density at radius 2 is 1.62 bits per heavy atom. The number of aromatic hydroxyl groups is 1. The van der Waals surface area contributed by atoms with Crippen molar-refractivity contribution < 1.29 is 29.3 Å². The molecule has 0 unspecified atom stereocenters. The first-order valence-corrected chi connectivity index (χ1v) is 18.7. The Labute approximate surface area is 311 Å². The Bertz CT molecular complexity index is 2000. The Kier molecular flexibility index (Phi) is 10.6. The van der Waals surface area contributed by atoms with Crippen LogP contribution in [0.3, 0.4) is 0 Å². The minimum atomic E-state index is -0.978. The molecule has 7 rings (SSSR count). The molecular weight excluding hydrogens is 670 g/mol. The van der Waals surface area contributed by atoms with E-state index in [1.807, 2.05) is 41.6 Å². The van der Waals surface area contributed by atoms with Crippen LogP contribution in [0.25, 0.3) is 11.3 Å². The number of amides is 3. The first-order valence-electron chi connectivity index (χ1n) is 18.7. The summed E-state index contributed by atoms with van der Waals surface area (Å²) in [4.78, 5) is 49.2.